The highest BCUT2D eigenvalue weighted by atomic mass is 35.5. The average Bonchev–Trinajstić information content (AvgIpc) is 3.32. The zero-order chi connectivity index (χ0) is 21.3. The van der Waals surface area contributed by atoms with E-state index in [0.29, 0.717) is 31.5 Å². The minimum Gasteiger partial charge on any atom is -0.465 e. The van der Waals surface area contributed by atoms with Crippen LogP contribution in [0.2, 0.25) is 5.02 Å². The number of ether oxygens (including phenoxy) is 1. The van der Waals surface area contributed by atoms with E-state index >= 15 is 0 Å². The van der Waals surface area contributed by atoms with Gasteiger partial charge in [0, 0.05) is 11.6 Å². The van der Waals surface area contributed by atoms with E-state index in [0.717, 1.165) is 17.3 Å². The number of thiocarbonyl (C=S) groups is 1. The van der Waals surface area contributed by atoms with Crippen molar-refractivity contribution in [3.8, 4) is 11.3 Å². The smallest absolute Gasteiger partial charge is 0.339 e. The normalized spacial score (nSPS) is 15.1. The summed E-state index contributed by atoms with van der Waals surface area (Å²) in [5, 5.41) is 0.573. The van der Waals surface area contributed by atoms with E-state index in [9.17, 15) is 9.59 Å². The highest BCUT2D eigenvalue weighted by molar-refractivity contribution is 8.27. The number of carbonyl (C=O) groups excluding carboxylic acids is 2. The van der Waals surface area contributed by atoms with Gasteiger partial charge in [-0.3, -0.25) is 9.69 Å². The summed E-state index contributed by atoms with van der Waals surface area (Å²) in [6, 6.07) is 17.6. The molecule has 150 valence electrons. The SMILES string of the molecule is COC(=O)c1ccccc1N1C(=O)/C(=C\c2ccc(-c3ccccc3Cl)o2)SC1=S. The fourth-order valence-electron chi connectivity index (χ4n) is 2.99. The van der Waals surface area contributed by atoms with Gasteiger partial charge in [-0.05, 0) is 36.4 Å². The van der Waals surface area contributed by atoms with Gasteiger partial charge in [0.05, 0.1) is 28.3 Å². The maximum absolute atomic E-state index is 13.0. The Morgan fingerprint density at radius 3 is 2.63 bits per heavy atom. The first kappa shape index (κ1) is 20.4. The number of para-hydroxylation sites is 1. The summed E-state index contributed by atoms with van der Waals surface area (Å²) in [6.07, 6.45) is 1.63. The predicted octanol–water partition coefficient (Wildman–Crippen LogP) is 5.79. The molecule has 0 spiro atoms. The van der Waals surface area contributed by atoms with Crippen molar-refractivity contribution < 1.29 is 18.7 Å². The molecule has 0 radical (unpaired) electrons. The van der Waals surface area contributed by atoms with E-state index in [1.54, 1.807) is 48.5 Å². The number of amides is 1. The number of furan rings is 1. The number of carbonyl (C=O) groups is 2. The molecule has 0 atom stereocenters. The third-order valence-corrected chi connectivity index (χ3v) is 6.02. The van der Waals surface area contributed by atoms with Crippen molar-refractivity contribution in [1.82, 2.24) is 0 Å². The Labute approximate surface area is 187 Å². The molecule has 0 saturated carbocycles. The molecular formula is C22H14ClNO4S2. The van der Waals surface area contributed by atoms with Crippen molar-refractivity contribution >= 4 is 63.5 Å². The molecule has 4 rings (SSSR count). The average molecular weight is 456 g/mol. The molecule has 0 unspecified atom stereocenters. The Morgan fingerprint density at radius 2 is 1.87 bits per heavy atom. The maximum atomic E-state index is 13.0. The highest BCUT2D eigenvalue weighted by Crippen LogP contribution is 2.38. The monoisotopic (exact) mass is 455 g/mol. The lowest BCUT2D eigenvalue weighted by molar-refractivity contribution is -0.113. The lowest BCUT2D eigenvalue weighted by Crippen LogP contribution is -2.29. The number of esters is 1. The molecule has 0 aliphatic carbocycles. The molecule has 3 aromatic rings. The molecule has 0 bridgehead atoms. The Balaban J connectivity index is 1.65. The van der Waals surface area contributed by atoms with E-state index in [2.05, 4.69) is 0 Å². The number of halogens is 1. The summed E-state index contributed by atoms with van der Waals surface area (Å²) in [4.78, 5) is 26.9. The number of thioether (sulfide) groups is 1. The molecule has 2 aromatic carbocycles. The zero-order valence-electron chi connectivity index (χ0n) is 15.6. The van der Waals surface area contributed by atoms with Gasteiger partial charge in [0.15, 0.2) is 4.32 Å². The van der Waals surface area contributed by atoms with Gasteiger partial charge in [-0.1, -0.05) is 59.8 Å². The van der Waals surface area contributed by atoms with Gasteiger partial charge in [0.2, 0.25) is 0 Å². The van der Waals surface area contributed by atoms with Crippen molar-refractivity contribution in [3.63, 3.8) is 0 Å². The third kappa shape index (κ3) is 3.79. The van der Waals surface area contributed by atoms with Crippen LogP contribution in [0.5, 0.6) is 0 Å². The Kier molecular flexibility index (Phi) is 5.76. The van der Waals surface area contributed by atoms with Crippen LogP contribution in [0.25, 0.3) is 17.4 Å². The first-order valence-corrected chi connectivity index (χ1v) is 10.4. The van der Waals surface area contributed by atoms with Crippen LogP contribution in [-0.2, 0) is 9.53 Å². The summed E-state index contributed by atoms with van der Waals surface area (Å²) in [5.74, 6) is 0.209. The molecule has 1 amide bonds. The molecule has 1 aromatic heterocycles. The number of benzene rings is 2. The van der Waals surface area contributed by atoms with Crippen LogP contribution in [-0.4, -0.2) is 23.3 Å². The molecule has 30 heavy (non-hydrogen) atoms. The van der Waals surface area contributed by atoms with Crippen LogP contribution in [0.1, 0.15) is 16.1 Å². The molecule has 1 aliphatic heterocycles. The maximum Gasteiger partial charge on any atom is 0.339 e. The van der Waals surface area contributed by atoms with Crippen molar-refractivity contribution in [3.05, 3.63) is 81.9 Å². The molecule has 0 N–H and O–H groups in total. The number of hydrogen-bond acceptors (Lipinski definition) is 6. The van der Waals surface area contributed by atoms with E-state index in [-0.39, 0.29) is 11.5 Å². The minimum absolute atomic E-state index is 0.261. The first-order chi connectivity index (χ1) is 14.5. The lowest BCUT2D eigenvalue weighted by atomic mass is 10.1. The predicted molar refractivity (Wildman–Crippen MR) is 123 cm³/mol. The van der Waals surface area contributed by atoms with Gasteiger partial charge in [0.25, 0.3) is 5.91 Å². The number of rotatable bonds is 4. The largest absolute Gasteiger partial charge is 0.465 e. The van der Waals surface area contributed by atoms with Crippen LogP contribution < -0.4 is 4.90 Å². The topological polar surface area (TPSA) is 59.8 Å². The Hall–Kier alpha value is -2.87. The summed E-state index contributed by atoms with van der Waals surface area (Å²) < 4.78 is 11.0. The second kappa shape index (κ2) is 8.47. The Morgan fingerprint density at radius 1 is 1.13 bits per heavy atom. The summed E-state index contributed by atoms with van der Waals surface area (Å²) in [5.41, 5.74) is 1.40. The van der Waals surface area contributed by atoms with E-state index in [4.69, 9.17) is 33.0 Å². The van der Waals surface area contributed by atoms with Crippen LogP contribution in [0.4, 0.5) is 5.69 Å². The summed E-state index contributed by atoms with van der Waals surface area (Å²) in [6.45, 7) is 0. The van der Waals surface area contributed by atoms with Crippen molar-refractivity contribution in [2.45, 2.75) is 0 Å². The first-order valence-electron chi connectivity index (χ1n) is 8.79. The van der Waals surface area contributed by atoms with Crippen LogP contribution in [0, 0.1) is 0 Å². The third-order valence-electron chi connectivity index (χ3n) is 4.38. The fraction of sp³-hybridized carbons (Fsp3) is 0.0455. The second-order valence-electron chi connectivity index (χ2n) is 6.21. The van der Waals surface area contributed by atoms with Crippen LogP contribution in [0.3, 0.4) is 0 Å². The fourth-order valence-corrected chi connectivity index (χ4v) is 4.49. The molecular weight excluding hydrogens is 442 g/mol. The molecule has 5 nitrogen and oxygen atoms in total. The summed E-state index contributed by atoms with van der Waals surface area (Å²) in [7, 11) is 1.29. The molecule has 1 saturated heterocycles. The molecule has 8 heteroatoms. The van der Waals surface area contributed by atoms with Gasteiger partial charge in [-0.15, -0.1) is 0 Å². The van der Waals surface area contributed by atoms with E-state index < -0.39 is 5.97 Å². The van der Waals surface area contributed by atoms with Crippen molar-refractivity contribution in [1.29, 1.82) is 0 Å². The zero-order valence-corrected chi connectivity index (χ0v) is 18.0. The quantitative estimate of drug-likeness (QED) is 0.282. The number of nitrogens with zero attached hydrogens (tertiary/aromatic N) is 1. The lowest BCUT2D eigenvalue weighted by Gasteiger charge is -2.17. The molecule has 2 heterocycles. The van der Waals surface area contributed by atoms with Gasteiger partial charge in [-0.2, -0.15) is 0 Å². The minimum atomic E-state index is -0.543. The number of anilines is 1. The van der Waals surface area contributed by atoms with Gasteiger partial charge >= 0.3 is 5.97 Å². The Bertz CT molecular complexity index is 1200. The van der Waals surface area contributed by atoms with E-state index in [1.807, 2.05) is 18.2 Å². The molecule has 1 fully saturated rings. The second-order valence-corrected chi connectivity index (χ2v) is 8.29. The number of hydrogen-bond donors (Lipinski definition) is 0. The van der Waals surface area contributed by atoms with Crippen molar-refractivity contribution in [2.75, 3.05) is 12.0 Å². The highest BCUT2D eigenvalue weighted by Gasteiger charge is 2.35. The van der Waals surface area contributed by atoms with Crippen LogP contribution in [0.15, 0.2) is 70.0 Å². The van der Waals surface area contributed by atoms with Gasteiger partial charge in [0.1, 0.15) is 11.5 Å². The van der Waals surface area contributed by atoms with E-state index in [1.165, 1.54) is 12.0 Å². The standard InChI is InChI=1S/C22H14ClNO4S2/c1-27-21(26)15-7-3-5-9-17(15)24-20(25)19(30-22(24)29)12-13-10-11-18(28-13)14-6-2-4-8-16(14)23/h2-12H,1H3/b19-12+. The van der Waals surface area contributed by atoms with Gasteiger partial charge < -0.3 is 9.15 Å². The summed E-state index contributed by atoms with van der Waals surface area (Å²) >= 11 is 12.8. The van der Waals surface area contributed by atoms with Crippen molar-refractivity contribution in [2.24, 2.45) is 0 Å². The number of methoxy groups -OCH3 is 1. The van der Waals surface area contributed by atoms with Crippen LogP contribution >= 0.6 is 35.6 Å². The molecule has 1 aliphatic rings. The van der Waals surface area contributed by atoms with Gasteiger partial charge in [-0.25, -0.2) is 4.79 Å².